The van der Waals surface area contributed by atoms with Gasteiger partial charge in [-0.15, -0.1) is 0 Å². The molecule has 0 fully saturated rings. The molecule has 0 saturated heterocycles. The number of rotatable bonds is 4. The van der Waals surface area contributed by atoms with Crippen LogP contribution in [0.4, 0.5) is 0 Å². The summed E-state index contributed by atoms with van der Waals surface area (Å²) in [6.07, 6.45) is 4.77. The maximum absolute atomic E-state index is 12.1. The quantitative estimate of drug-likeness (QED) is 0.727. The van der Waals surface area contributed by atoms with Crippen LogP contribution in [0.15, 0.2) is 60.8 Å². The van der Waals surface area contributed by atoms with E-state index in [1.807, 2.05) is 43.3 Å². The standard InChI is InChI=1S/C19H16ClN3O/c1-13(14-6-8-15(20)9-7-14)22-19(24)11-10-16-12-21-17-4-2-3-5-18(17)23-16/h2-13H,1H3,(H,22,24)/b11-10+. The van der Waals surface area contributed by atoms with Gasteiger partial charge < -0.3 is 5.32 Å². The molecule has 5 heteroatoms. The van der Waals surface area contributed by atoms with Crippen molar-refractivity contribution in [1.82, 2.24) is 15.3 Å². The van der Waals surface area contributed by atoms with Crippen LogP contribution in [0, 0.1) is 0 Å². The van der Waals surface area contributed by atoms with Gasteiger partial charge in [-0.1, -0.05) is 35.9 Å². The third kappa shape index (κ3) is 3.97. The minimum Gasteiger partial charge on any atom is -0.346 e. The molecule has 0 bridgehead atoms. The van der Waals surface area contributed by atoms with Crippen LogP contribution >= 0.6 is 11.6 Å². The van der Waals surface area contributed by atoms with Gasteiger partial charge >= 0.3 is 0 Å². The normalized spacial score (nSPS) is 12.4. The summed E-state index contributed by atoms with van der Waals surface area (Å²) in [5, 5.41) is 3.58. The number of fused-ring (bicyclic) bond motifs is 1. The molecule has 1 amide bonds. The Kier molecular flexibility index (Phi) is 4.87. The second-order valence-corrected chi connectivity index (χ2v) is 5.84. The van der Waals surface area contributed by atoms with E-state index >= 15 is 0 Å². The van der Waals surface area contributed by atoms with E-state index in [4.69, 9.17) is 11.6 Å². The van der Waals surface area contributed by atoms with Crippen molar-refractivity contribution in [1.29, 1.82) is 0 Å². The smallest absolute Gasteiger partial charge is 0.244 e. The first-order valence-electron chi connectivity index (χ1n) is 7.57. The first-order valence-corrected chi connectivity index (χ1v) is 7.95. The Bertz CT molecular complexity index is 891. The van der Waals surface area contributed by atoms with Crippen molar-refractivity contribution in [2.75, 3.05) is 0 Å². The summed E-state index contributed by atoms with van der Waals surface area (Å²) in [4.78, 5) is 20.8. The second kappa shape index (κ2) is 7.23. The SMILES string of the molecule is CC(NC(=O)/C=C/c1cnc2ccccc2n1)c1ccc(Cl)cc1. The number of nitrogens with zero attached hydrogens (tertiary/aromatic N) is 2. The van der Waals surface area contributed by atoms with Gasteiger partial charge in [-0.3, -0.25) is 9.78 Å². The second-order valence-electron chi connectivity index (χ2n) is 5.40. The third-order valence-electron chi connectivity index (χ3n) is 3.60. The number of carbonyl (C=O) groups excluding carboxylic acids is 1. The number of carbonyl (C=O) groups is 1. The number of para-hydroxylation sites is 2. The molecule has 2 aromatic carbocycles. The minimum absolute atomic E-state index is 0.109. The van der Waals surface area contributed by atoms with Crippen LogP contribution < -0.4 is 5.32 Å². The predicted molar refractivity (Wildman–Crippen MR) is 96.6 cm³/mol. The summed E-state index contributed by atoms with van der Waals surface area (Å²) in [6, 6.07) is 14.9. The minimum atomic E-state index is -0.188. The van der Waals surface area contributed by atoms with Crippen molar-refractivity contribution in [3.8, 4) is 0 Å². The summed E-state index contributed by atoms with van der Waals surface area (Å²) in [5.74, 6) is -0.188. The highest BCUT2D eigenvalue weighted by Crippen LogP contribution is 2.16. The topological polar surface area (TPSA) is 54.9 Å². The van der Waals surface area contributed by atoms with E-state index < -0.39 is 0 Å². The molecule has 1 unspecified atom stereocenters. The van der Waals surface area contributed by atoms with Gasteiger partial charge in [0, 0.05) is 11.1 Å². The molecule has 0 aliphatic heterocycles. The molecule has 1 aromatic heterocycles. The van der Waals surface area contributed by atoms with Gasteiger partial charge in [-0.25, -0.2) is 4.98 Å². The third-order valence-corrected chi connectivity index (χ3v) is 3.85. The maximum Gasteiger partial charge on any atom is 0.244 e. The maximum atomic E-state index is 12.1. The Morgan fingerprint density at radius 1 is 1.12 bits per heavy atom. The van der Waals surface area contributed by atoms with Gasteiger partial charge in [0.05, 0.1) is 29.0 Å². The van der Waals surface area contributed by atoms with Crippen molar-refractivity contribution in [2.24, 2.45) is 0 Å². The molecule has 4 nitrogen and oxygen atoms in total. The lowest BCUT2D eigenvalue weighted by Crippen LogP contribution is -2.24. The number of aromatic nitrogens is 2. The van der Waals surface area contributed by atoms with E-state index in [-0.39, 0.29) is 11.9 Å². The molecule has 0 radical (unpaired) electrons. The average molecular weight is 338 g/mol. The molecule has 3 aromatic rings. The van der Waals surface area contributed by atoms with Crippen LogP contribution in [-0.4, -0.2) is 15.9 Å². The summed E-state index contributed by atoms with van der Waals surface area (Å²) in [6.45, 7) is 1.92. The van der Waals surface area contributed by atoms with Crippen LogP contribution in [-0.2, 0) is 4.79 Å². The highest BCUT2D eigenvalue weighted by molar-refractivity contribution is 6.30. The van der Waals surface area contributed by atoms with E-state index in [9.17, 15) is 4.79 Å². The molecule has 1 atom stereocenters. The predicted octanol–water partition coefficient (Wildman–Crippen LogP) is 4.17. The van der Waals surface area contributed by atoms with Crippen molar-refractivity contribution in [3.05, 3.63) is 77.1 Å². The average Bonchev–Trinajstić information content (AvgIpc) is 2.60. The first-order chi connectivity index (χ1) is 11.6. The van der Waals surface area contributed by atoms with E-state index in [2.05, 4.69) is 15.3 Å². The fourth-order valence-electron chi connectivity index (χ4n) is 2.31. The van der Waals surface area contributed by atoms with Gasteiger partial charge in [-0.05, 0) is 42.8 Å². The lowest BCUT2D eigenvalue weighted by molar-refractivity contribution is -0.117. The lowest BCUT2D eigenvalue weighted by atomic mass is 10.1. The monoisotopic (exact) mass is 337 g/mol. The fourth-order valence-corrected chi connectivity index (χ4v) is 2.44. The van der Waals surface area contributed by atoms with Gasteiger partial charge in [0.2, 0.25) is 5.91 Å². The first kappa shape index (κ1) is 16.1. The molecular weight excluding hydrogens is 322 g/mol. The van der Waals surface area contributed by atoms with Crippen molar-refractivity contribution >= 4 is 34.6 Å². The van der Waals surface area contributed by atoms with Crippen molar-refractivity contribution in [3.63, 3.8) is 0 Å². The Morgan fingerprint density at radius 2 is 1.83 bits per heavy atom. The van der Waals surface area contributed by atoms with Gasteiger partial charge in [-0.2, -0.15) is 0 Å². The molecule has 0 saturated carbocycles. The fraction of sp³-hybridized carbons (Fsp3) is 0.105. The Balaban J connectivity index is 1.66. The largest absolute Gasteiger partial charge is 0.346 e. The number of halogens is 1. The van der Waals surface area contributed by atoms with Crippen LogP contribution in [0.25, 0.3) is 17.1 Å². The van der Waals surface area contributed by atoms with Crippen molar-refractivity contribution < 1.29 is 4.79 Å². The summed E-state index contributed by atoms with van der Waals surface area (Å²) >= 11 is 5.87. The molecule has 24 heavy (non-hydrogen) atoms. The zero-order valence-corrected chi connectivity index (χ0v) is 13.9. The van der Waals surface area contributed by atoms with E-state index in [0.717, 1.165) is 16.6 Å². The zero-order chi connectivity index (χ0) is 16.9. The molecule has 0 aliphatic rings. The van der Waals surface area contributed by atoms with Gasteiger partial charge in [0.25, 0.3) is 0 Å². The molecule has 1 heterocycles. The summed E-state index contributed by atoms with van der Waals surface area (Å²) in [5.41, 5.74) is 3.26. The number of benzene rings is 2. The Morgan fingerprint density at radius 3 is 2.58 bits per heavy atom. The van der Waals surface area contributed by atoms with Crippen LogP contribution in [0.1, 0.15) is 24.2 Å². The Labute approximate surface area is 145 Å². The molecule has 3 rings (SSSR count). The number of hydrogen-bond acceptors (Lipinski definition) is 3. The highest BCUT2D eigenvalue weighted by Gasteiger charge is 2.07. The zero-order valence-electron chi connectivity index (χ0n) is 13.1. The molecule has 0 aliphatic carbocycles. The summed E-state index contributed by atoms with van der Waals surface area (Å²) < 4.78 is 0. The van der Waals surface area contributed by atoms with Crippen LogP contribution in [0.3, 0.4) is 0 Å². The lowest BCUT2D eigenvalue weighted by Gasteiger charge is -2.12. The highest BCUT2D eigenvalue weighted by atomic mass is 35.5. The van der Waals surface area contributed by atoms with E-state index in [0.29, 0.717) is 10.7 Å². The van der Waals surface area contributed by atoms with E-state index in [1.54, 1.807) is 24.4 Å². The van der Waals surface area contributed by atoms with Gasteiger partial charge in [0.1, 0.15) is 0 Å². The van der Waals surface area contributed by atoms with E-state index in [1.165, 1.54) is 6.08 Å². The summed E-state index contributed by atoms with van der Waals surface area (Å²) in [7, 11) is 0. The number of hydrogen-bond donors (Lipinski definition) is 1. The molecular formula is C19H16ClN3O. The van der Waals surface area contributed by atoms with Gasteiger partial charge in [0.15, 0.2) is 0 Å². The van der Waals surface area contributed by atoms with Crippen molar-refractivity contribution in [2.45, 2.75) is 13.0 Å². The molecule has 1 N–H and O–H groups in total. The van der Waals surface area contributed by atoms with Crippen LogP contribution in [0.2, 0.25) is 5.02 Å². The number of nitrogens with one attached hydrogen (secondary N) is 1. The molecule has 120 valence electrons. The number of amides is 1. The van der Waals surface area contributed by atoms with Crippen LogP contribution in [0.5, 0.6) is 0 Å². The molecule has 0 spiro atoms. The Hall–Kier alpha value is -2.72.